The van der Waals surface area contributed by atoms with Gasteiger partial charge in [-0.25, -0.2) is 4.79 Å². The summed E-state index contributed by atoms with van der Waals surface area (Å²) in [6, 6.07) is 12.8. The molecule has 0 fully saturated rings. The molecule has 0 bridgehead atoms. The van der Waals surface area contributed by atoms with Gasteiger partial charge in [0.15, 0.2) is 0 Å². The topological polar surface area (TPSA) is 39.8 Å². The van der Waals surface area contributed by atoms with E-state index in [9.17, 15) is 4.79 Å². The average Bonchev–Trinajstić information content (AvgIpc) is 2.87. The molecule has 0 aliphatic rings. The highest BCUT2D eigenvalue weighted by Crippen LogP contribution is 2.29. The van der Waals surface area contributed by atoms with Crippen molar-refractivity contribution in [3.8, 4) is 5.69 Å². The number of fused-ring (bicyclic) bond motifs is 3. The number of benzene rings is 2. The molecule has 4 rings (SSSR count). The van der Waals surface area contributed by atoms with Crippen LogP contribution in [-0.2, 0) is 6.54 Å². The van der Waals surface area contributed by atoms with Crippen molar-refractivity contribution in [1.29, 1.82) is 0 Å². The third kappa shape index (κ3) is 2.14. The van der Waals surface area contributed by atoms with Crippen molar-refractivity contribution in [2.24, 2.45) is 0 Å². The summed E-state index contributed by atoms with van der Waals surface area (Å²) in [6.07, 6.45) is 1.73. The van der Waals surface area contributed by atoms with Gasteiger partial charge in [0.2, 0.25) is 0 Å². The van der Waals surface area contributed by atoms with Crippen molar-refractivity contribution in [1.82, 2.24) is 14.1 Å². The van der Waals surface area contributed by atoms with Gasteiger partial charge >= 0.3 is 5.69 Å². The van der Waals surface area contributed by atoms with Crippen LogP contribution in [0.25, 0.3) is 27.6 Å². The number of aromatic nitrogens is 3. The molecule has 0 radical (unpaired) electrons. The Kier molecular flexibility index (Phi) is 3.59. The monoisotopic (exact) mass is 357 g/mol. The fourth-order valence-corrected chi connectivity index (χ4v) is 3.45. The molecule has 0 spiro atoms. The lowest BCUT2D eigenvalue weighted by molar-refractivity contribution is 0.733. The second-order valence-corrected chi connectivity index (χ2v) is 6.31. The minimum absolute atomic E-state index is 0.144. The summed E-state index contributed by atoms with van der Waals surface area (Å²) < 4.78 is 3.33. The Morgan fingerprint density at radius 2 is 1.92 bits per heavy atom. The summed E-state index contributed by atoms with van der Waals surface area (Å²) in [7, 11) is 0. The van der Waals surface area contributed by atoms with E-state index in [0.717, 1.165) is 21.9 Å². The Hall–Kier alpha value is -2.30. The lowest BCUT2D eigenvalue weighted by atomic mass is 10.2. The molecule has 0 saturated carbocycles. The maximum atomic E-state index is 13.0. The summed E-state index contributed by atoms with van der Waals surface area (Å²) in [5.41, 5.74) is 2.81. The molecular weight excluding hydrogens is 345 g/mol. The summed E-state index contributed by atoms with van der Waals surface area (Å²) in [4.78, 5) is 17.5. The second kappa shape index (κ2) is 5.65. The average molecular weight is 358 g/mol. The van der Waals surface area contributed by atoms with Crippen LogP contribution < -0.4 is 5.69 Å². The van der Waals surface area contributed by atoms with E-state index in [0.29, 0.717) is 22.3 Å². The highest BCUT2D eigenvalue weighted by atomic mass is 35.5. The number of pyridine rings is 1. The molecule has 0 N–H and O–H groups in total. The standard InChI is InChI=1S/C18H13Cl2N3O/c1-2-22-16-10-21-14-8-7-11(19)9-12(14)17(16)23(18(22)24)15-6-4-3-5-13(15)20/h3-10H,2H2,1H3. The Labute approximate surface area is 147 Å². The number of hydrogen-bond donors (Lipinski definition) is 0. The molecule has 120 valence electrons. The zero-order valence-electron chi connectivity index (χ0n) is 12.8. The van der Waals surface area contributed by atoms with Crippen LogP contribution in [0, 0.1) is 0 Å². The predicted octanol–water partition coefficient (Wildman–Crippen LogP) is 4.67. The Morgan fingerprint density at radius 1 is 1.12 bits per heavy atom. The Morgan fingerprint density at radius 3 is 2.67 bits per heavy atom. The number of nitrogens with zero attached hydrogens (tertiary/aromatic N) is 3. The fraction of sp³-hybridized carbons (Fsp3) is 0.111. The number of hydrogen-bond acceptors (Lipinski definition) is 2. The van der Waals surface area contributed by atoms with Gasteiger partial charge in [-0.3, -0.25) is 14.1 Å². The van der Waals surface area contributed by atoms with Gasteiger partial charge in [0.1, 0.15) is 0 Å². The number of para-hydroxylation sites is 1. The van der Waals surface area contributed by atoms with Gasteiger partial charge in [-0.15, -0.1) is 0 Å². The summed E-state index contributed by atoms with van der Waals surface area (Å²) in [6.45, 7) is 2.47. The highest BCUT2D eigenvalue weighted by molar-refractivity contribution is 6.32. The molecule has 4 aromatic rings. The SMILES string of the molecule is CCn1c(=O)n(-c2ccccc2Cl)c2c3cc(Cl)ccc3ncc21. The molecule has 6 heteroatoms. The lowest BCUT2D eigenvalue weighted by Crippen LogP contribution is -2.22. The van der Waals surface area contributed by atoms with Crippen LogP contribution in [0.15, 0.2) is 53.5 Å². The fourth-order valence-electron chi connectivity index (χ4n) is 3.05. The van der Waals surface area contributed by atoms with Crippen LogP contribution in [-0.4, -0.2) is 14.1 Å². The number of halogens is 2. The number of imidazole rings is 1. The Balaban J connectivity index is 2.28. The summed E-state index contributed by atoms with van der Waals surface area (Å²) in [5, 5.41) is 1.94. The Bertz CT molecular complexity index is 1140. The molecule has 4 nitrogen and oxygen atoms in total. The summed E-state index contributed by atoms with van der Waals surface area (Å²) in [5.74, 6) is 0. The van der Waals surface area contributed by atoms with Gasteiger partial charge in [0.05, 0.1) is 33.5 Å². The van der Waals surface area contributed by atoms with Crippen LogP contribution in [0.3, 0.4) is 0 Å². The third-order valence-corrected chi connectivity index (χ3v) is 4.68. The second-order valence-electron chi connectivity index (χ2n) is 5.47. The molecule has 2 heterocycles. The largest absolute Gasteiger partial charge is 0.333 e. The minimum Gasteiger partial charge on any atom is -0.290 e. The van der Waals surface area contributed by atoms with E-state index in [2.05, 4.69) is 4.98 Å². The van der Waals surface area contributed by atoms with Crippen LogP contribution in [0.2, 0.25) is 10.0 Å². The zero-order chi connectivity index (χ0) is 16.8. The van der Waals surface area contributed by atoms with Crippen molar-refractivity contribution in [2.45, 2.75) is 13.5 Å². The first kappa shape index (κ1) is 15.2. The molecule has 0 unspecified atom stereocenters. The van der Waals surface area contributed by atoms with E-state index in [1.807, 2.05) is 37.3 Å². The quantitative estimate of drug-likeness (QED) is 0.523. The van der Waals surface area contributed by atoms with Gasteiger partial charge < -0.3 is 0 Å². The van der Waals surface area contributed by atoms with Crippen LogP contribution in [0.4, 0.5) is 0 Å². The lowest BCUT2D eigenvalue weighted by Gasteiger charge is -2.07. The van der Waals surface area contributed by atoms with E-state index in [1.54, 1.807) is 27.5 Å². The normalized spacial score (nSPS) is 11.5. The van der Waals surface area contributed by atoms with E-state index in [4.69, 9.17) is 23.2 Å². The van der Waals surface area contributed by atoms with Crippen LogP contribution in [0.1, 0.15) is 6.92 Å². The summed E-state index contributed by atoms with van der Waals surface area (Å²) >= 11 is 12.5. The van der Waals surface area contributed by atoms with Crippen LogP contribution >= 0.6 is 23.2 Å². The molecular formula is C18H13Cl2N3O. The van der Waals surface area contributed by atoms with Gasteiger partial charge in [0, 0.05) is 17.0 Å². The molecule has 0 aliphatic carbocycles. The van der Waals surface area contributed by atoms with E-state index in [-0.39, 0.29) is 5.69 Å². The first-order valence-electron chi connectivity index (χ1n) is 7.56. The molecule has 0 atom stereocenters. The van der Waals surface area contributed by atoms with Gasteiger partial charge in [-0.2, -0.15) is 0 Å². The third-order valence-electron chi connectivity index (χ3n) is 4.13. The van der Waals surface area contributed by atoms with Crippen molar-refractivity contribution >= 4 is 45.1 Å². The van der Waals surface area contributed by atoms with Crippen molar-refractivity contribution in [3.63, 3.8) is 0 Å². The molecule has 0 amide bonds. The van der Waals surface area contributed by atoms with Crippen molar-refractivity contribution in [2.75, 3.05) is 0 Å². The molecule has 0 saturated heterocycles. The first-order valence-corrected chi connectivity index (χ1v) is 8.32. The van der Waals surface area contributed by atoms with Crippen molar-refractivity contribution < 1.29 is 0 Å². The molecule has 0 aliphatic heterocycles. The molecule has 24 heavy (non-hydrogen) atoms. The predicted molar refractivity (Wildman–Crippen MR) is 98.5 cm³/mol. The van der Waals surface area contributed by atoms with Crippen molar-refractivity contribution in [3.05, 3.63) is 69.2 Å². The van der Waals surface area contributed by atoms with E-state index >= 15 is 0 Å². The molecule has 2 aromatic heterocycles. The maximum absolute atomic E-state index is 13.0. The zero-order valence-corrected chi connectivity index (χ0v) is 14.3. The highest BCUT2D eigenvalue weighted by Gasteiger charge is 2.18. The van der Waals surface area contributed by atoms with E-state index < -0.39 is 0 Å². The van der Waals surface area contributed by atoms with Gasteiger partial charge in [0.25, 0.3) is 0 Å². The van der Waals surface area contributed by atoms with Crippen LogP contribution in [0.5, 0.6) is 0 Å². The van der Waals surface area contributed by atoms with Gasteiger partial charge in [-0.1, -0.05) is 35.3 Å². The minimum atomic E-state index is -0.144. The number of aryl methyl sites for hydroxylation is 1. The van der Waals surface area contributed by atoms with E-state index in [1.165, 1.54) is 0 Å². The number of rotatable bonds is 2. The molecule has 2 aromatic carbocycles. The maximum Gasteiger partial charge on any atom is 0.333 e. The first-order chi connectivity index (χ1) is 11.6. The van der Waals surface area contributed by atoms with Gasteiger partial charge in [-0.05, 0) is 37.3 Å². The smallest absolute Gasteiger partial charge is 0.290 e.